The van der Waals surface area contributed by atoms with Gasteiger partial charge in [-0.05, 0) is 74.9 Å². The number of hydrogen-bond acceptors (Lipinski definition) is 3. The molecule has 5 rings (SSSR count). The van der Waals surface area contributed by atoms with Crippen LogP contribution in [0.1, 0.15) is 30.0 Å². The lowest BCUT2D eigenvalue weighted by atomic mass is 9.93. The molecule has 0 amide bonds. The Hall–Kier alpha value is -3.32. The highest BCUT2D eigenvalue weighted by Gasteiger charge is 2.21. The van der Waals surface area contributed by atoms with Crippen molar-refractivity contribution in [3.8, 4) is 11.1 Å². The molecule has 2 aromatic carbocycles. The molecule has 0 spiro atoms. The molecule has 0 radical (unpaired) electrons. The summed E-state index contributed by atoms with van der Waals surface area (Å²) in [5.41, 5.74) is 4.06. The second-order valence-corrected chi connectivity index (χ2v) is 8.71. The first kappa shape index (κ1) is 21.5. The zero-order chi connectivity index (χ0) is 22.9. The summed E-state index contributed by atoms with van der Waals surface area (Å²) < 4.78 is 42.0. The second-order valence-electron chi connectivity index (χ2n) is 8.71. The fraction of sp³-hybridized carbons (Fsp3) is 0.269. The third kappa shape index (κ3) is 4.46. The van der Waals surface area contributed by atoms with Crippen molar-refractivity contribution in [2.45, 2.75) is 25.3 Å². The largest absolute Gasteiger partial charge is 0.381 e. The molecule has 1 aliphatic heterocycles. The topological polar surface area (TPSA) is 44.0 Å². The minimum absolute atomic E-state index is 0.160. The molecule has 33 heavy (non-hydrogen) atoms. The number of piperidine rings is 1. The van der Waals surface area contributed by atoms with E-state index in [0.29, 0.717) is 22.7 Å². The Morgan fingerprint density at radius 3 is 2.58 bits per heavy atom. The average Bonchev–Trinajstić information content (AvgIpc) is 3.24. The SMILES string of the molecule is CN1CCC(c2cc3c(-c4cc(NCc5ccc(F)cc5F)ccc4F)ccnc3[nH]2)CC1. The summed E-state index contributed by atoms with van der Waals surface area (Å²) in [6.07, 6.45) is 3.83. The van der Waals surface area contributed by atoms with Crippen molar-refractivity contribution >= 4 is 16.7 Å². The van der Waals surface area contributed by atoms with E-state index < -0.39 is 11.6 Å². The van der Waals surface area contributed by atoms with Crippen LogP contribution in [-0.4, -0.2) is 35.0 Å². The van der Waals surface area contributed by atoms with Gasteiger partial charge >= 0.3 is 0 Å². The van der Waals surface area contributed by atoms with Crippen molar-refractivity contribution in [2.24, 2.45) is 0 Å². The van der Waals surface area contributed by atoms with Crippen LogP contribution in [0.15, 0.2) is 54.7 Å². The highest BCUT2D eigenvalue weighted by atomic mass is 19.1. The van der Waals surface area contributed by atoms with Crippen LogP contribution in [0.5, 0.6) is 0 Å². The first-order valence-electron chi connectivity index (χ1n) is 11.1. The minimum atomic E-state index is -0.617. The number of likely N-dealkylation sites (tertiary alicyclic amines) is 1. The average molecular weight is 451 g/mol. The van der Waals surface area contributed by atoms with Crippen molar-refractivity contribution in [1.29, 1.82) is 0 Å². The lowest BCUT2D eigenvalue weighted by molar-refractivity contribution is 0.254. The number of fused-ring (bicyclic) bond motifs is 1. The van der Waals surface area contributed by atoms with E-state index in [1.807, 2.05) is 6.07 Å². The van der Waals surface area contributed by atoms with Gasteiger partial charge in [-0.25, -0.2) is 18.2 Å². The Bertz CT molecular complexity index is 1290. The highest BCUT2D eigenvalue weighted by molar-refractivity contribution is 5.94. The number of pyridine rings is 1. The molecule has 170 valence electrons. The van der Waals surface area contributed by atoms with Gasteiger partial charge < -0.3 is 15.2 Å². The van der Waals surface area contributed by atoms with E-state index in [1.165, 1.54) is 18.2 Å². The van der Waals surface area contributed by atoms with Crippen LogP contribution in [0, 0.1) is 17.5 Å². The number of nitrogens with one attached hydrogen (secondary N) is 2. The first-order valence-corrected chi connectivity index (χ1v) is 11.1. The molecule has 0 atom stereocenters. The number of aromatic nitrogens is 2. The third-order valence-corrected chi connectivity index (χ3v) is 6.47. The molecule has 1 fully saturated rings. The van der Waals surface area contributed by atoms with Crippen LogP contribution in [-0.2, 0) is 6.54 Å². The van der Waals surface area contributed by atoms with Gasteiger partial charge in [0, 0.05) is 52.6 Å². The molecule has 1 aliphatic rings. The lowest BCUT2D eigenvalue weighted by Crippen LogP contribution is -2.29. The molecule has 2 aromatic heterocycles. The zero-order valence-corrected chi connectivity index (χ0v) is 18.3. The molecule has 1 saturated heterocycles. The summed E-state index contributed by atoms with van der Waals surface area (Å²) in [7, 11) is 2.13. The van der Waals surface area contributed by atoms with Gasteiger partial charge in [-0.15, -0.1) is 0 Å². The van der Waals surface area contributed by atoms with Crippen LogP contribution in [0.4, 0.5) is 18.9 Å². The number of hydrogen-bond donors (Lipinski definition) is 2. The smallest absolute Gasteiger partial charge is 0.138 e. The van der Waals surface area contributed by atoms with Gasteiger partial charge in [0.05, 0.1) is 0 Å². The monoisotopic (exact) mass is 450 g/mol. The summed E-state index contributed by atoms with van der Waals surface area (Å²) in [5.74, 6) is -1.14. The van der Waals surface area contributed by atoms with E-state index in [0.717, 1.165) is 54.3 Å². The van der Waals surface area contributed by atoms with Crippen molar-refractivity contribution < 1.29 is 13.2 Å². The Kier molecular flexibility index (Phi) is 5.81. The van der Waals surface area contributed by atoms with Gasteiger partial charge in [0.1, 0.15) is 23.1 Å². The predicted molar refractivity (Wildman–Crippen MR) is 125 cm³/mol. The van der Waals surface area contributed by atoms with Crippen molar-refractivity contribution in [3.05, 3.63) is 83.4 Å². The normalized spacial score (nSPS) is 15.3. The Morgan fingerprint density at radius 1 is 0.970 bits per heavy atom. The van der Waals surface area contributed by atoms with E-state index in [2.05, 4.69) is 33.3 Å². The molecule has 2 N–H and O–H groups in total. The molecule has 0 unspecified atom stereocenters. The van der Waals surface area contributed by atoms with Gasteiger partial charge in [0.2, 0.25) is 0 Å². The Balaban J connectivity index is 1.44. The minimum Gasteiger partial charge on any atom is -0.381 e. The molecule has 0 saturated carbocycles. The standard InChI is InChI=1S/C26H25F3N4/c1-33-10-7-16(8-11-33)25-14-22-20(6-9-30-26(22)32-25)21-13-19(4-5-23(21)28)31-15-17-2-3-18(27)12-24(17)29/h2-6,9,12-14,16,31H,7-8,10-11,15H2,1H3,(H,30,32). The van der Waals surface area contributed by atoms with Crippen LogP contribution in [0.25, 0.3) is 22.2 Å². The third-order valence-electron chi connectivity index (χ3n) is 6.47. The summed E-state index contributed by atoms with van der Waals surface area (Å²) in [4.78, 5) is 10.2. The van der Waals surface area contributed by atoms with Crippen LogP contribution in [0.2, 0.25) is 0 Å². The molecule has 4 aromatic rings. The first-order chi connectivity index (χ1) is 16.0. The summed E-state index contributed by atoms with van der Waals surface area (Å²) >= 11 is 0. The van der Waals surface area contributed by atoms with Gasteiger partial charge in [0.15, 0.2) is 0 Å². The van der Waals surface area contributed by atoms with E-state index >= 15 is 0 Å². The number of H-pyrrole nitrogens is 1. The molecule has 4 nitrogen and oxygen atoms in total. The number of halogens is 3. The quantitative estimate of drug-likeness (QED) is 0.388. The fourth-order valence-electron chi connectivity index (χ4n) is 4.53. The summed E-state index contributed by atoms with van der Waals surface area (Å²) in [6.45, 7) is 2.27. The molecule has 7 heteroatoms. The fourth-order valence-corrected chi connectivity index (χ4v) is 4.53. The van der Waals surface area contributed by atoms with Crippen LogP contribution in [0.3, 0.4) is 0 Å². The maximum atomic E-state index is 14.9. The lowest BCUT2D eigenvalue weighted by Gasteiger charge is -2.28. The van der Waals surface area contributed by atoms with E-state index in [9.17, 15) is 13.2 Å². The zero-order valence-electron chi connectivity index (χ0n) is 18.3. The Morgan fingerprint density at radius 2 is 1.79 bits per heavy atom. The van der Waals surface area contributed by atoms with Crippen molar-refractivity contribution in [3.63, 3.8) is 0 Å². The molecule has 0 aliphatic carbocycles. The van der Waals surface area contributed by atoms with Crippen molar-refractivity contribution in [1.82, 2.24) is 14.9 Å². The number of nitrogens with zero attached hydrogens (tertiary/aromatic N) is 2. The highest BCUT2D eigenvalue weighted by Crippen LogP contribution is 2.35. The predicted octanol–water partition coefficient (Wildman–Crippen LogP) is 6.07. The molecule has 0 bridgehead atoms. The number of anilines is 1. The van der Waals surface area contributed by atoms with Gasteiger partial charge in [0.25, 0.3) is 0 Å². The van der Waals surface area contributed by atoms with Gasteiger partial charge in [-0.2, -0.15) is 0 Å². The van der Waals surface area contributed by atoms with Crippen LogP contribution >= 0.6 is 0 Å². The second kappa shape index (κ2) is 8.90. The maximum absolute atomic E-state index is 14.9. The molecular formula is C26H25F3N4. The molecular weight excluding hydrogens is 425 g/mol. The number of rotatable bonds is 5. The number of aromatic amines is 1. The van der Waals surface area contributed by atoms with Crippen LogP contribution < -0.4 is 5.32 Å². The van der Waals surface area contributed by atoms with E-state index in [1.54, 1.807) is 18.3 Å². The molecule has 3 heterocycles. The van der Waals surface area contributed by atoms with E-state index in [-0.39, 0.29) is 12.4 Å². The van der Waals surface area contributed by atoms with Crippen molar-refractivity contribution in [2.75, 3.05) is 25.5 Å². The maximum Gasteiger partial charge on any atom is 0.138 e. The summed E-state index contributed by atoms with van der Waals surface area (Å²) in [5, 5.41) is 3.99. The summed E-state index contributed by atoms with van der Waals surface area (Å²) in [6, 6.07) is 12.1. The van der Waals surface area contributed by atoms with Gasteiger partial charge in [-0.1, -0.05) is 6.07 Å². The Labute approximate surface area is 190 Å². The number of benzene rings is 2. The van der Waals surface area contributed by atoms with E-state index in [4.69, 9.17) is 0 Å². The van der Waals surface area contributed by atoms with Gasteiger partial charge in [-0.3, -0.25) is 0 Å².